The minimum Gasteiger partial charge on any atom is -0.748 e. The van der Waals surface area contributed by atoms with Crippen LogP contribution >= 0.6 is 0 Å². The molecule has 28 heavy (non-hydrogen) atoms. The standard InChI is InChI=1S/C22H46O4S.K/c1-3-5-7-9-13-17-21(23)18-14-11-12-16-20-22(27(24,25)26)19-15-10-8-6-4-2;/h21-23H,3-20H2,1-2H3,(H,24,25,26);/q;+1/p-1. The van der Waals surface area contributed by atoms with Crippen LogP contribution in [0.1, 0.15) is 129 Å². The van der Waals surface area contributed by atoms with Crippen molar-refractivity contribution in [2.45, 2.75) is 141 Å². The molecule has 0 saturated heterocycles. The fourth-order valence-corrected chi connectivity index (χ4v) is 4.55. The van der Waals surface area contributed by atoms with E-state index >= 15 is 0 Å². The Hall–Kier alpha value is 1.51. The van der Waals surface area contributed by atoms with Gasteiger partial charge in [0.25, 0.3) is 0 Å². The van der Waals surface area contributed by atoms with E-state index < -0.39 is 15.4 Å². The average Bonchev–Trinajstić information content (AvgIpc) is 2.61. The smallest absolute Gasteiger partial charge is 0.748 e. The molecule has 0 radical (unpaired) electrons. The van der Waals surface area contributed by atoms with Gasteiger partial charge < -0.3 is 9.66 Å². The van der Waals surface area contributed by atoms with Crippen molar-refractivity contribution < 1.29 is 69.5 Å². The molecule has 0 saturated carbocycles. The zero-order valence-electron chi connectivity index (χ0n) is 19.0. The summed E-state index contributed by atoms with van der Waals surface area (Å²) in [5.74, 6) is 0. The molecule has 2 unspecified atom stereocenters. The van der Waals surface area contributed by atoms with Gasteiger partial charge in [0.1, 0.15) is 0 Å². The van der Waals surface area contributed by atoms with Gasteiger partial charge in [0.15, 0.2) is 0 Å². The Morgan fingerprint density at radius 2 is 0.964 bits per heavy atom. The van der Waals surface area contributed by atoms with Gasteiger partial charge in [0, 0.05) is 5.25 Å². The van der Waals surface area contributed by atoms with Crippen molar-refractivity contribution >= 4 is 10.1 Å². The molecular formula is C22H45KO4S. The minimum atomic E-state index is -4.17. The maximum absolute atomic E-state index is 11.4. The van der Waals surface area contributed by atoms with Crippen molar-refractivity contribution in [1.29, 1.82) is 0 Å². The Morgan fingerprint density at radius 1 is 0.643 bits per heavy atom. The van der Waals surface area contributed by atoms with Gasteiger partial charge in [-0.3, -0.25) is 0 Å². The Kier molecular flexibility index (Phi) is 24.6. The van der Waals surface area contributed by atoms with E-state index in [0.29, 0.717) is 12.8 Å². The Labute approximate surface area is 218 Å². The van der Waals surface area contributed by atoms with Crippen LogP contribution in [0.3, 0.4) is 0 Å². The van der Waals surface area contributed by atoms with Crippen molar-refractivity contribution in [3.8, 4) is 0 Å². The van der Waals surface area contributed by atoms with Crippen molar-refractivity contribution in [3.63, 3.8) is 0 Å². The molecule has 0 aromatic heterocycles. The van der Waals surface area contributed by atoms with Gasteiger partial charge in [-0.2, -0.15) is 0 Å². The molecule has 0 amide bonds. The summed E-state index contributed by atoms with van der Waals surface area (Å²) in [6.45, 7) is 4.36. The number of aliphatic hydroxyl groups excluding tert-OH is 1. The van der Waals surface area contributed by atoms with E-state index in [4.69, 9.17) is 0 Å². The number of hydrogen-bond donors (Lipinski definition) is 1. The summed E-state index contributed by atoms with van der Waals surface area (Å²) in [5, 5.41) is 9.29. The third-order valence-electron chi connectivity index (χ3n) is 5.49. The molecule has 0 aliphatic rings. The molecule has 0 spiro atoms. The second kappa shape index (κ2) is 21.7. The third kappa shape index (κ3) is 20.8. The van der Waals surface area contributed by atoms with E-state index in [1.807, 2.05) is 0 Å². The molecule has 0 aliphatic carbocycles. The van der Waals surface area contributed by atoms with Crippen molar-refractivity contribution in [2.75, 3.05) is 0 Å². The zero-order valence-corrected chi connectivity index (χ0v) is 22.9. The number of unbranched alkanes of at least 4 members (excludes halogenated alkanes) is 11. The average molecular weight is 445 g/mol. The Morgan fingerprint density at radius 3 is 1.29 bits per heavy atom. The first-order valence-electron chi connectivity index (χ1n) is 11.5. The predicted octanol–water partition coefficient (Wildman–Crippen LogP) is 3.33. The Balaban J connectivity index is 0. The molecule has 0 heterocycles. The fraction of sp³-hybridized carbons (Fsp3) is 1.00. The summed E-state index contributed by atoms with van der Waals surface area (Å²) >= 11 is 0. The van der Waals surface area contributed by atoms with Crippen LogP contribution in [-0.4, -0.2) is 29.4 Å². The van der Waals surface area contributed by atoms with Crippen LogP contribution in [0.4, 0.5) is 0 Å². The van der Waals surface area contributed by atoms with Gasteiger partial charge in [-0.25, -0.2) is 8.42 Å². The van der Waals surface area contributed by atoms with Gasteiger partial charge in [-0.05, 0) is 25.7 Å². The summed E-state index contributed by atoms with van der Waals surface area (Å²) in [6, 6.07) is 0. The summed E-state index contributed by atoms with van der Waals surface area (Å²) < 4.78 is 34.3. The minimum absolute atomic E-state index is 0. The van der Waals surface area contributed by atoms with Crippen LogP contribution < -0.4 is 51.4 Å². The van der Waals surface area contributed by atoms with Gasteiger partial charge in [0.05, 0.1) is 16.2 Å². The molecule has 0 rings (SSSR count). The number of rotatable bonds is 20. The van der Waals surface area contributed by atoms with Crippen LogP contribution in [0.25, 0.3) is 0 Å². The quantitative estimate of drug-likeness (QED) is 0.177. The first kappa shape index (κ1) is 31.7. The van der Waals surface area contributed by atoms with E-state index in [2.05, 4.69) is 13.8 Å². The van der Waals surface area contributed by atoms with Crippen molar-refractivity contribution in [1.82, 2.24) is 0 Å². The van der Waals surface area contributed by atoms with E-state index in [9.17, 15) is 18.1 Å². The molecule has 164 valence electrons. The van der Waals surface area contributed by atoms with Gasteiger partial charge in [-0.15, -0.1) is 0 Å². The molecule has 6 heteroatoms. The number of hydrogen-bond acceptors (Lipinski definition) is 4. The van der Waals surface area contributed by atoms with Crippen LogP contribution in [0.15, 0.2) is 0 Å². The molecular weight excluding hydrogens is 399 g/mol. The van der Waals surface area contributed by atoms with Crippen LogP contribution in [0.2, 0.25) is 0 Å². The SMILES string of the molecule is CCCCCCCC(O)CCCCCCC(CCCCCCC)S(=O)(=O)[O-].[K+]. The van der Waals surface area contributed by atoms with E-state index in [0.717, 1.165) is 70.6 Å². The molecule has 0 bridgehead atoms. The van der Waals surface area contributed by atoms with Crippen LogP contribution in [0, 0.1) is 0 Å². The Bertz CT molecular complexity index is 415. The molecule has 0 aromatic rings. The molecule has 0 fully saturated rings. The fourth-order valence-electron chi connectivity index (χ4n) is 3.64. The molecule has 2 atom stereocenters. The maximum Gasteiger partial charge on any atom is 1.00 e. The summed E-state index contributed by atoms with van der Waals surface area (Å²) in [6.07, 6.45) is 17.8. The van der Waals surface area contributed by atoms with E-state index in [-0.39, 0.29) is 57.5 Å². The number of aliphatic hydroxyl groups is 1. The summed E-state index contributed by atoms with van der Waals surface area (Å²) in [4.78, 5) is 0. The molecule has 1 N–H and O–H groups in total. The second-order valence-corrected chi connectivity index (χ2v) is 9.82. The van der Waals surface area contributed by atoms with E-state index in [1.165, 1.54) is 32.1 Å². The van der Waals surface area contributed by atoms with Gasteiger partial charge in [-0.1, -0.05) is 104 Å². The summed E-state index contributed by atoms with van der Waals surface area (Å²) in [7, 11) is -4.17. The monoisotopic (exact) mass is 444 g/mol. The third-order valence-corrected chi connectivity index (χ3v) is 6.78. The normalized spacial score (nSPS) is 13.9. The molecule has 0 aromatic carbocycles. The van der Waals surface area contributed by atoms with Crippen LogP contribution in [-0.2, 0) is 10.1 Å². The molecule has 0 aliphatic heterocycles. The first-order valence-corrected chi connectivity index (χ1v) is 13.0. The van der Waals surface area contributed by atoms with Gasteiger partial charge >= 0.3 is 51.4 Å². The van der Waals surface area contributed by atoms with Crippen molar-refractivity contribution in [3.05, 3.63) is 0 Å². The van der Waals surface area contributed by atoms with Crippen LogP contribution in [0.5, 0.6) is 0 Å². The zero-order chi connectivity index (χ0) is 20.4. The van der Waals surface area contributed by atoms with Gasteiger partial charge in [0.2, 0.25) is 0 Å². The van der Waals surface area contributed by atoms with E-state index in [1.54, 1.807) is 0 Å². The molecule has 4 nitrogen and oxygen atoms in total. The largest absolute Gasteiger partial charge is 1.00 e. The first-order chi connectivity index (χ1) is 12.9. The topological polar surface area (TPSA) is 77.4 Å². The second-order valence-electron chi connectivity index (χ2n) is 8.17. The van der Waals surface area contributed by atoms with Crippen molar-refractivity contribution in [2.24, 2.45) is 0 Å². The summed E-state index contributed by atoms with van der Waals surface area (Å²) in [5.41, 5.74) is 0. The predicted molar refractivity (Wildman–Crippen MR) is 114 cm³/mol. The maximum atomic E-state index is 11.4.